The van der Waals surface area contributed by atoms with Gasteiger partial charge in [-0.25, -0.2) is 0 Å². The number of hydrogen-bond donors (Lipinski definition) is 1. The van der Waals surface area contributed by atoms with Crippen molar-refractivity contribution in [2.45, 2.75) is 32.9 Å². The second-order valence-corrected chi connectivity index (χ2v) is 6.33. The van der Waals surface area contributed by atoms with Crippen LogP contribution in [0.3, 0.4) is 0 Å². The number of carbonyl (C=O) groups is 3. The number of carboxylic acid groups (broad SMARTS) is 1. The van der Waals surface area contributed by atoms with Gasteiger partial charge in [-0.15, -0.1) is 0 Å². The lowest BCUT2D eigenvalue weighted by Crippen LogP contribution is -2.59. The van der Waals surface area contributed by atoms with E-state index in [0.717, 1.165) is 16.8 Å². The molecule has 1 atom stereocenters. The van der Waals surface area contributed by atoms with Crippen LogP contribution in [0.4, 0.5) is 0 Å². The minimum atomic E-state index is -0.507. The summed E-state index contributed by atoms with van der Waals surface area (Å²) < 4.78 is 5.19. The van der Waals surface area contributed by atoms with Gasteiger partial charge in [0.1, 0.15) is 11.8 Å². The van der Waals surface area contributed by atoms with Crippen molar-refractivity contribution >= 4 is 18.3 Å². The summed E-state index contributed by atoms with van der Waals surface area (Å²) in [5.74, 6) is 0.591. The fourth-order valence-electron chi connectivity index (χ4n) is 3.06. The molecule has 27 heavy (non-hydrogen) atoms. The first-order valence-corrected chi connectivity index (χ1v) is 8.47. The largest absolute Gasteiger partial charge is 0.483 e. The van der Waals surface area contributed by atoms with Gasteiger partial charge in [0.2, 0.25) is 11.8 Å². The Balaban J connectivity index is 0.000000817. The van der Waals surface area contributed by atoms with Crippen LogP contribution in [-0.4, -0.2) is 58.0 Å². The number of aryl methyl sites for hydroxylation is 2. The van der Waals surface area contributed by atoms with E-state index in [0.29, 0.717) is 18.7 Å². The molecule has 0 aliphatic carbocycles. The Hall–Kier alpha value is -3.16. The molecule has 1 fully saturated rings. The van der Waals surface area contributed by atoms with E-state index in [2.05, 4.69) is 5.16 Å². The quantitative estimate of drug-likeness (QED) is 0.813. The van der Waals surface area contributed by atoms with Crippen molar-refractivity contribution in [3.63, 3.8) is 0 Å². The number of hydrogen-bond acceptors (Lipinski definition) is 5. The monoisotopic (exact) mass is 373 g/mol. The van der Waals surface area contributed by atoms with Crippen LogP contribution < -0.4 is 0 Å². The molecule has 0 radical (unpaired) electrons. The molecular formula is C19H23N3O5. The van der Waals surface area contributed by atoms with Gasteiger partial charge in [-0.3, -0.25) is 14.4 Å². The molecule has 2 amide bonds. The number of rotatable bonds is 4. The van der Waals surface area contributed by atoms with E-state index in [9.17, 15) is 9.59 Å². The Kier molecular flexibility index (Phi) is 6.70. The predicted molar refractivity (Wildman–Crippen MR) is 96.8 cm³/mol. The number of carbonyl (C=O) groups excluding carboxylic acids is 2. The van der Waals surface area contributed by atoms with E-state index in [1.54, 1.807) is 11.9 Å². The molecule has 2 heterocycles. The molecule has 1 aliphatic rings. The van der Waals surface area contributed by atoms with Crippen LogP contribution in [0, 0.1) is 13.8 Å². The number of benzene rings is 1. The van der Waals surface area contributed by atoms with Crippen LogP contribution in [0.1, 0.15) is 22.6 Å². The first-order valence-electron chi connectivity index (χ1n) is 8.47. The molecule has 2 aromatic rings. The summed E-state index contributed by atoms with van der Waals surface area (Å²) in [4.78, 5) is 36.8. The molecule has 1 aromatic carbocycles. The molecule has 0 spiro atoms. The van der Waals surface area contributed by atoms with Crippen LogP contribution >= 0.6 is 0 Å². The lowest BCUT2D eigenvalue weighted by molar-refractivity contribution is -0.155. The van der Waals surface area contributed by atoms with Crippen molar-refractivity contribution in [2.75, 3.05) is 13.6 Å². The smallest absolute Gasteiger partial charge is 0.290 e. The third kappa shape index (κ3) is 4.72. The van der Waals surface area contributed by atoms with Crippen molar-refractivity contribution in [3.8, 4) is 0 Å². The van der Waals surface area contributed by atoms with Gasteiger partial charge in [0.05, 0.1) is 18.8 Å². The predicted octanol–water partition coefficient (Wildman–Crippen LogP) is 1.40. The standard InChI is InChI=1S/C18H21N3O3.CH2O2/c1-12-15(13(2)24-19-12)10-21-16(9-14-7-5-4-6-8-14)18(23)20(3)11-17(21)22;2-1-3/h4-8,16H,9-11H2,1-3H3;1H,(H,2,3)/t16-;/m0./s1. The maximum atomic E-state index is 12.7. The van der Waals surface area contributed by atoms with E-state index in [1.807, 2.05) is 44.2 Å². The number of aromatic nitrogens is 1. The Morgan fingerprint density at radius 1 is 1.26 bits per heavy atom. The van der Waals surface area contributed by atoms with Crippen LogP contribution in [0.5, 0.6) is 0 Å². The maximum absolute atomic E-state index is 12.7. The third-order valence-electron chi connectivity index (χ3n) is 4.51. The van der Waals surface area contributed by atoms with Crippen LogP contribution in [0.15, 0.2) is 34.9 Å². The van der Waals surface area contributed by atoms with Crippen molar-refractivity contribution in [1.29, 1.82) is 0 Å². The van der Waals surface area contributed by atoms with Crippen molar-refractivity contribution in [2.24, 2.45) is 0 Å². The van der Waals surface area contributed by atoms with E-state index in [4.69, 9.17) is 14.4 Å². The summed E-state index contributed by atoms with van der Waals surface area (Å²) >= 11 is 0. The fourth-order valence-corrected chi connectivity index (χ4v) is 3.06. The number of amides is 2. The van der Waals surface area contributed by atoms with E-state index in [-0.39, 0.29) is 24.8 Å². The second-order valence-electron chi connectivity index (χ2n) is 6.33. The molecule has 1 saturated heterocycles. The average Bonchev–Trinajstić information content (AvgIpc) is 2.95. The fraction of sp³-hybridized carbons (Fsp3) is 0.368. The lowest BCUT2D eigenvalue weighted by Gasteiger charge is -2.39. The molecule has 1 aromatic heterocycles. The molecule has 0 bridgehead atoms. The normalized spacial score (nSPS) is 16.8. The zero-order valence-electron chi connectivity index (χ0n) is 15.6. The highest BCUT2D eigenvalue weighted by Gasteiger charge is 2.38. The Bertz CT molecular complexity index is 783. The van der Waals surface area contributed by atoms with Crippen LogP contribution in [0.25, 0.3) is 0 Å². The molecule has 144 valence electrons. The van der Waals surface area contributed by atoms with Gasteiger partial charge in [-0.2, -0.15) is 0 Å². The van der Waals surface area contributed by atoms with Gasteiger partial charge < -0.3 is 19.4 Å². The Morgan fingerprint density at radius 2 is 1.89 bits per heavy atom. The molecule has 8 nitrogen and oxygen atoms in total. The topological polar surface area (TPSA) is 104 Å². The summed E-state index contributed by atoms with van der Waals surface area (Å²) in [7, 11) is 1.67. The molecule has 1 aliphatic heterocycles. The van der Waals surface area contributed by atoms with Gasteiger partial charge >= 0.3 is 0 Å². The van der Waals surface area contributed by atoms with Gasteiger partial charge in [-0.1, -0.05) is 35.5 Å². The van der Waals surface area contributed by atoms with Crippen molar-refractivity contribution in [1.82, 2.24) is 15.0 Å². The SMILES string of the molecule is Cc1noc(C)c1CN1C(=O)CN(C)C(=O)[C@@H]1Cc1ccccc1.O=CO. The van der Waals surface area contributed by atoms with Gasteiger partial charge in [0, 0.05) is 19.0 Å². The zero-order chi connectivity index (χ0) is 20.0. The molecule has 0 saturated carbocycles. The van der Waals surface area contributed by atoms with E-state index >= 15 is 0 Å². The number of likely N-dealkylation sites (N-methyl/N-ethyl adjacent to an activating group) is 1. The highest BCUT2D eigenvalue weighted by molar-refractivity contribution is 5.94. The highest BCUT2D eigenvalue weighted by Crippen LogP contribution is 2.22. The molecule has 3 rings (SSSR count). The Morgan fingerprint density at radius 3 is 2.44 bits per heavy atom. The van der Waals surface area contributed by atoms with E-state index in [1.165, 1.54) is 4.90 Å². The van der Waals surface area contributed by atoms with Gasteiger partial charge in [-0.05, 0) is 19.4 Å². The maximum Gasteiger partial charge on any atom is 0.290 e. The number of piperazine rings is 1. The van der Waals surface area contributed by atoms with Gasteiger partial charge in [0.15, 0.2) is 0 Å². The average molecular weight is 373 g/mol. The molecule has 8 heteroatoms. The zero-order valence-corrected chi connectivity index (χ0v) is 15.6. The number of nitrogens with zero attached hydrogens (tertiary/aromatic N) is 3. The lowest BCUT2D eigenvalue weighted by atomic mass is 10.00. The molecule has 1 N–H and O–H groups in total. The molecule has 0 unspecified atom stereocenters. The van der Waals surface area contributed by atoms with Crippen molar-refractivity contribution in [3.05, 3.63) is 52.9 Å². The highest BCUT2D eigenvalue weighted by atomic mass is 16.5. The Labute approximate surface area is 157 Å². The molecular weight excluding hydrogens is 350 g/mol. The van der Waals surface area contributed by atoms with E-state index < -0.39 is 6.04 Å². The minimum absolute atomic E-state index is 0.0368. The van der Waals surface area contributed by atoms with Gasteiger partial charge in [0.25, 0.3) is 6.47 Å². The summed E-state index contributed by atoms with van der Waals surface area (Å²) in [6.07, 6.45) is 0.499. The summed E-state index contributed by atoms with van der Waals surface area (Å²) in [5.41, 5.74) is 2.66. The first kappa shape index (κ1) is 20.2. The van der Waals surface area contributed by atoms with Crippen molar-refractivity contribution < 1.29 is 24.0 Å². The summed E-state index contributed by atoms with van der Waals surface area (Å²) in [5, 5.41) is 10.8. The first-order chi connectivity index (χ1) is 12.9. The van der Waals surface area contributed by atoms with Crippen LogP contribution in [0.2, 0.25) is 0 Å². The summed E-state index contributed by atoms with van der Waals surface area (Å²) in [6, 6.07) is 9.25. The summed E-state index contributed by atoms with van der Waals surface area (Å²) in [6.45, 7) is 3.87. The van der Waals surface area contributed by atoms with Crippen LogP contribution in [-0.2, 0) is 27.3 Å². The third-order valence-corrected chi connectivity index (χ3v) is 4.51. The minimum Gasteiger partial charge on any atom is -0.483 e. The second kappa shape index (κ2) is 8.98.